The summed E-state index contributed by atoms with van der Waals surface area (Å²) < 4.78 is 5.79. The van der Waals surface area contributed by atoms with Crippen molar-refractivity contribution in [2.75, 3.05) is 0 Å². The maximum Gasteiger partial charge on any atom is 0.185 e. The standard InChI is InChI=1S/C13H19NOSi/c1-16(2,3)15-13(11-14)10-9-12-7-5-4-6-8-12/h4-8,13H,9-10H2,1-3H3. The maximum absolute atomic E-state index is 9.01. The van der Waals surface area contributed by atoms with E-state index in [9.17, 15) is 0 Å². The summed E-state index contributed by atoms with van der Waals surface area (Å²) >= 11 is 0. The van der Waals surface area contributed by atoms with Crippen LogP contribution in [0.25, 0.3) is 0 Å². The van der Waals surface area contributed by atoms with E-state index in [0.29, 0.717) is 0 Å². The Morgan fingerprint density at radius 2 is 1.88 bits per heavy atom. The largest absolute Gasteiger partial charge is 0.402 e. The van der Waals surface area contributed by atoms with Gasteiger partial charge >= 0.3 is 0 Å². The van der Waals surface area contributed by atoms with Crippen LogP contribution >= 0.6 is 0 Å². The van der Waals surface area contributed by atoms with E-state index in [1.807, 2.05) is 18.2 Å². The Bertz CT molecular complexity index is 350. The summed E-state index contributed by atoms with van der Waals surface area (Å²) in [6, 6.07) is 12.5. The molecule has 1 unspecified atom stereocenters. The monoisotopic (exact) mass is 233 g/mol. The van der Waals surface area contributed by atoms with Crippen molar-refractivity contribution < 1.29 is 4.43 Å². The predicted octanol–water partition coefficient (Wildman–Crippen LogP) is 3.36. The molecule has 0 aliphatic rings. The first-order valence-corrected chi connectivity index (χ1v) is 9.03. The van der Waals surface area contributed by atoms with Gasteiger partial charge in [-0.25, -0.2) is 0 Å². The van der Waals surface area contributed by atoms with E-state index in [4.69, 9.17) is 9.69 Å². The lowest BCUT2D eigenvalue weighted by Crippen LogP contribution is -2.31. The van der Waals surface area contributed by atoms with Crippen LogP contribution in [0.1, 0.15) is 12.0 Å². The molecule has 0 spiro atoms. The molecule has 16 heavy (non-hydrogen) atoms. The second-order valence-corrected chi connectivity index (χ2v) is 9.33. The quantitative estimate of drug-likeness (QED) is 0.731. The van der Waals surface area contributed by atoms with Gasteiger partial charge in [0.15, 0.2) is 8.32 Å². The zero-order valence-electron chi connectivity index (χ0n) is 10.2. The molecule has 0 amide bonds. The minimum Gasteiger partial charge on any atom is -0.402 e. The molecule has 3 heteroatoms. The molecule has 0 N–H and O–H groups in total. The number of hydrogen-bond donors (Lipinski definition) is 0. The van der Waals surface area contributed by atoms with Crippen LogP contribution in [0, 0.1) is 11.3 Å². The van der Waals surface area contributed by atoms with Crippen molar-refractivity contribution in [3.05, 3.63) is 35.9 Å². The molecular formula is C13H19NOSi. The van der Waals surface area contributed by atoms with Gasteiger partial charge in [0.1, 0.15) is 6.10 Å². The molecular weight excluding hydrogens is 214 g/mol. The average molecular weight is 233 g/mol. The van der Waals surface area contributed by atoms with Gasteiger partial charge in [0.25, 0.3) is 0 Å². The number of benzene rings is 1. The number of aryl methyl sites for hydroxylation is 1. The fourth-order valence-electron chi connectivity index (χ4n) is 1.52. The van der Waals surface area contributed by atoms with E-state index in [2.05, 4.69) is 37.8 Å². The summed E-state index contributed by atoms with van der Waals surface area (Å²) in [6.07, 6.45) is 1.43. The molecule has 1 aromatic carbocycles. The lowest BCUT2D eigenvalue weighted by molar-refractivity contribution is 0.238. The minimum atomic E-state index is -1.60. The van der Waals surface area contributed by atoms with Crippen molar-refractivity contribution in [1.29, 1.82) is 5.26 Å². The molecule has 1 rings (SSSR count). The third kappa shape index (κ3) is 5.10. The highest BCUT2D eigenvalue weighted by Gasteiger charge is 2.20. The van der Waals surface area contributed by atoms with Crippen LogP contribution in [0.5, 0.6) is 0 Å². The van der Waals surface area contributed by atoms with Crippen molar-refractivity contribution >= 4 is 8.32 Å². The normalized spacial score (nSPS) is 13.1. The summed E-state index contributed by atoms with van der Waals surface area (Å²) in [7, 11) is -1.60. The van der Waals surface area contributed by atoms with Gasteiger partial charge in [0.05, 0.1) is 6.07 Å². The zero-order valence-corrected chi connectivity index (χ0v) is 11.2. The maximum atomic E-state index is 9.01. The summed E-state index contributed by atoms with van der Waals surface area (Å²) in [5, 5.41) is 9.01. The number of rotatable bonds is 5. The fourth-order valence-corrected chi connectivity index (χ4v) is 2.54. The van der Waals surface area contributed by atoms with Gasteiger partial charge in [0, 0.05) is 0 Å². The van der Waals surface area contributed by atoms with E-state index >= 15 is 0 Å². The Kier molecular flexibility index (Phi) is 4.72. The molecule has 0 aliphatic heterocycles. The second-order valence-electron chi connectivity index (χ2n) is 4.87. The fraction of sp³-hybridized carbons (Fsp3) is 0.462. The van der Waals surface area contributed by atoms with E-state index in [1.54, 1.807) is 0 Å². The second kappa shape index (κ2) is 5.83. The summed E-state index contributed by atoms with van der Waals surface area (Å²) in [5.74, 6) is 0. The molecule has 0 bridgehead atoms. The first-order valence-electron chi connectivity index (χ1n) is 5.62. The Morgan fingerprint density at radius 3 is 2.38 bits per heavy atom. The Morgan fingerprint density at radius 1 is 1.25 bits per heavy atom. The molecule has 0 radical (unpaired) electrons. The van der Waals surface area contributed by atoms with Crippen LogP contribution in [0.3, 0.4) is 0 Å². The van der Waals surface area contributed by atoms with Gasteiger partial charge in [-0.3, -0.25) is 0 Å². The number of hydrogen-bond acceptors (Lipinski definition) is 2. The van der Waals surface area contributed by atoms with Gasteiger partial charge < -0.3 is 4.43 Å². The summed E-state index contributed by atoms with van der Waals surface area (Å²) in [6.45, 7) is 6.33. The van der Waals surface area contributed by atoms with E-state index < -0.39 is 8.32 Å². The van der Waals surface area contributed by atoms with Gasteiger partial charge in [-0.1, -0.05) is 30.3 Å². The molecule has 1 atom stereocenters. The van der Waals surface area contributed by atoms with Gasteiger partial charge in [0.2, 0.25) is 0 Å². The molecule has 0 heterocycles. The highest BCUT2D eigenvalue weighted by molar-refractivity contribution is 6.69. The topological polar surface area (TPSA) is 33.0 Å². The lowest BCUT2D eigenvalue weighted by Gasteiger charge is -2.21. The van der Waals surface area contributed by atoms with Crippen LogP contribution in [0.15, 0.2) is 30.3 Å². The molecule has 0 aromatic heterocycles. The van der Waals surface area contributed by atoms with Crippen molar-refractivity contribution in [1.82, 2.24) is 0 Å². The predicted molar refractivity (Wildman–Crippen MR) is 68.6 cm³/mol. The van der Waals surface area contributed by atoms with Gasteiger partial charge in [-0.05, 0) is 38.0 Å². The van der Waals surface area contributed by atoms with Crippen LogP contribution in [0.4, 0.5) is 0 Å². The third-order valence-electron chi connectivity index (χ3n) is 2.18. The highest BCUT2D eigenvalue weighted by atomic mass is 28.4. The molecule has 1 aromatic rings. The number of nitrogens with zero attached hydrogens (tertiary/aromatic N) is 1. The van der Waals surface area contributed by atoms with Crippen molar-refractivity contribution in [3.8, 4) is 6.07 Å². The van der Waals surface area contributed by atoms with Gasteiger partial charge in [-0.2, -0.15) is 5.26 Å². The van der Waals surface area contributed by atoms with Gasteiger partial charge in [-0.15, -0.1) is 0 Å². The van der Waals surface area contributed by atoms with Crippen molar-refractivity contribution in [2.24, 2.45) is 0 Å². The summed E-state index contributed by atoms with van der Waals surface area (Å²) in [4.78, 5) is 0. The third-order valence-corrected chi connectivity index (χ3v) is 3.17. The van der Waals surface area contributed by atoms with E-state index in [-0.39, 0.29) is 6.10 Å². The lowest BCUT2D eigenvalue weighted by atomic mass is 10.1. The molecule has 2 nitrogen and oxygen atoms in total. The molecule has 0 saturated heterocycles. The molecule has 0 fully saturated rings. The smallest absolute Gasteiger partial charge is 0.185 e. The van der Waals surface area contributed by atoms with E-state index in [1.165, 1.54) is 5.56 Å². The van der Waals surface area contributed by atoms with Crippen molar-refractivity contribution in [2.45, 2.75) is 38.6 Å². The highest BCUT2D eigenvalue weighted by Crippen LogP contribution is 2.12. The first kappa shape index (κ1) is 13.0. The molecule has 0 saturated carbocycles. The Hall–Kier alpha value is -1.11. The average Bonchev–Trinajstić information content (AvgIpc) is 2.24. The summed E-state index contributed by atoms with van der Waals surface area (Å²) in [5.41, 5.74) is 1.27. The van der Waals surface area contributed by atoms with Crippen LogP contribution < -0.4 is 0 Å². The van der Waals surface area contributed by atoms with Crippen LogP contribution in [0.2, 0.25) is 19.6 Å². The molecule has 86 valence electrons. The first-order chi connectivity index (χ1) is 7.51. The SMILES string of the molecule is C[Si](C)(C)OC(C#N)CCc1ccccc1. The van der Waals surface area contributed by atoms with E-state index in [0.717, 1.165) is 12.8 Å². The Balaban J connectivity index is 2.44. The number of nitriles is 1. The zero-order chi connectivity index (χ0) is 12.0. The van der Waals surface area contributed by atoms with Crippen LogP contribution in [-0.4, -0.2) is 14.4 Å². The van der Waals surface area contributed by atoms with Crippen LogP contribution in [-0.2, 0) is 10.8 Å². The Labute approximate surface area is 99.0 Å². The molecule has 0 aliphatic carbocycles. The van der Waals surface area contributed by atoms with Crippen molar-refractivity contribution in [3.63, 3.8) is 0 Å². The minimum absolute atomic E-state index is 0.258.